The van der Waals surface area contributed by atoms with Crippen LogP contribution < -0.4 is 10.6 Å². The predicted octanol–water partition coefficient (Wildman–Crippen LogP) is 3.03. The standard InChI is InChI=1S/C22H20N2O4/c25-19(15-8-3-1-4-9-15)21(27)23-17-12-7-13-18(14-17)24-22(28)20(26)16-10-5-2-6-11-16/h1-14,19-20,25-26H,(H,23,27)(H,24,28)/t19-,20-/m0/s1. The molecule has 0 heterocycles. The number of amides is 2. The molecule has 6 nitrogen and oxygen atoms in total. The summed E-state index contributed by atoms with van der Waals surface area (Å²) >= 11 is 0. The quantitative estimate of drug-likeness (QED) is 0.531. The summed E-state index contributed by atoms with van der Waals surface area (Å²) in [6.07, 6.45) is -2.61. The van der Waals surface area contributed by atoms with Crippen LogP contribution >= 0.6 is 0 Å². The summed E-state index contributed by atoms with van der Waals surface area (Å²) in [4.78, 5) is 24.5. The van der Waals surface area contributed by atoms with Gasteiger partial charge in [0.05, 0.1) is 0 Å². The van der Waals surface area contributed by atoms with Gasteiger partial charge >= 0.3 is 0 Å². The zero-order valence-electron chi connectivity index (χ0n) is 14.9. The Kier molecular flexibility index (Phi) is 6.16. The third kappa shape index (κ3) is 4.82. The van der Waals surface area contributed by atoms with Crippen LogP contribution in [0.15, 0.2) is 84.9 Å². The van der Waals surface area contributed by atoms with Crippen molar-refractivity contribution in [1.29, 1.82) is 0 Å². The molecule has 3 aromatic carbocycles. The molecular formula is C22H20N2O4. The van der Waals surface area contributed by atoms with Gasteiger partial charge in [-0.05, 0) is 29.3 Å². The van der Waals surface area contributed by atoms with Crippen LogP contribution in [0.2, 0.25) is 0 Å². The molecule has 0 bridgehead atoms. The molecule has 0 aliphatic heterocycles. The molecular weight excluding hydrogens is 356 g/mol. The fourth-order valence-corrected chi connectivity index (χ4v) is 2.67. The largest absolute Gasteiger partial charge is 0.378 e. The van der Waals surface area contributed by atoms with Gasteiger partial charge in [-0.15, -0.1) is 0 Å². The van der Waals surface area contributed by atoms with E-state index in [4.69, 9.17) is 0 Å². The van der Waals surface area contributed by atoms with Gasteiger partial charge in [0.2, 0.25) is 0 Å². The van der Waals surface area contributed by atoms with Crippen molar-refractivity contribution in [3.63, 3.8) is 0 Å². The molecule has 3 aromatic rings. The molecule has 0 saturated carbocycles. The van der Waals surface area contributed by atoms with Crippen LogP contribution in [0.1, 0.15) is 23.3 Å². The Labute approximate surface area is 162 Å². The van der Waals surface area contributed by atoms with Crippen molar-refractivity contribution >= 4 is 23.2 Å². The smallest absolute Gasteiger partial charge is 0.257 e. The van der Waals surface area contributed by atoms with Crippen molar-refractivity contribution in [3.8, 4) is 0 Å². The first-order chi connectivity index (χ1) is 13.5. The Balaban J connectivity index is 1.65. The molecule has 0 aliphatic rings. The summed E-state index contributed by atoms with van der Waals surface area (Å²) in [5.41, 5.74) is 1.78. The van der Waals surface area contributed by atoms with Crippen LogP contribution in [-0.4, -0.2) is 22.0 Å². The monoisotopic (exact) mass is 376 g/mol. The summed E-state index contributed by atoms with van der Waals surface area (Å²) in [6, 6.07) is 23.6. The maximum Gasteiger partial charge on any atom is 0.257 e. The molecule has 0 aliphatic carbocycles. The van der Waals surface area contributed by atoms with Gasteiger partial charge in [-0.3, -0.25) is 9.59 Å². The van der Waals surface area contributed by atoms with E-state index in [1.165, 1.54) is 0 Å². The first-order valence-corrected chi connectivity index (χ1v) is 8.72. The molecule has 0 radical (unpaired) electrons. The molecule has 0 aromatic heterocycles. The minimum absolute atomic E-state index is 0.409. The molecule has 0 unspecified atom stereocenters. The highest BCUT2D eigenvalue weighted by molar-refractivity contribution is 5.97. The van der Waals surface area contributed by atoms with Crippen LogP contribution in [-0.2, 0) is 9.59 Å². The van der Waals surface area contributed by atoms with Gasteiger partial charge in [-0.2, -0.15) is 0 Å². The fourth-order valence-electron chi connectivity index (χ4n) is 2.67. The molecule has 0 spiro atoms. The van der Waals surface area contributed by atoms with Crippen molar-refractivity contribution in [3.05, 3.63) is 96.1 Å². The zero-order chi connectivity index (χ0) is 19.9. The number of hydrogen-bond donors (Lipinski definition) is 4. The normalized spacial score (nSPS) is 12.6. The fraction of sp³-hybridized carbons (Fsp3) is 0.0909. The predicted molar refractivity (Wildman–Crippen MR) is 107 cm³/mol. The minimum Gasteiger partial charge on any atom is -0.378 e. The van der Waals surface area contributed by atoms with E-state index in [1.807, 2.05) is 0 Å². The van der Waals surface area contributed by atoms with E-state index in [1.54, 1.807) is 84.9 Å². The molecule has 6 heteroatoms. The van der Waals surface area contributed by atoms with Crippen LogP contribution in [0, 0.1) is 0 Å². The average molecular weight is 376 g/mol. The van der Waals surface area contributed by atoms with Crippen molar-refractivity contribution < 1.29 is 19.8 Å². The van der Waals surface area contributed by atoms with Crippen molar-refractivity contribution in [2.24, 2.45) is 0 Å². The van der Waals surface area contributed by atoms with Gasteiger partial charge in [0.25, 0.3) is 11.8 Å². The average Bonchev–Trinajstić information content (AvgIpc) is 2.74. The van der Waals surface area contributed by atoms with Gasteiger partial charge in [0.15, 0.2) is 12.2 Å². The number of rotatable bonds is 6. The Morgan fingerprint density at radius 3 is 1.39 bits per heavy atom. The lowest BCUT2D eigenvalue weighted by molar-refractivity contribution is -0.124. The van der Waals surface area contributed by atoms with Crippen LogP contribution in [0.4, 0.5) is 11.4 Å². The van der Waals surface area contributed by atoms with Crippen molar-refractivity contribution in [2.45, 2.75) is 12.2 Å². The highest BCUT2D eigenvalue weighted by Gasteiger charge is 2.19. The highest BCUT2D eigenvalue weighted by Crippen LogP contribution is 2.20. The van der Waals surface area contributed by atoms with Gasteiger partial charge in [0.1, 0.15) is 0 Å². The van der Waals surface area contributed by atoms with E-state index < -0.39 is 24.0 Å². The number of hydrogen-bond acceptors (Lipinski definition) is 4. The Hall–Kier alpha value is -3.48. The summed E-state index contributed by atoms with van der Waals surface area (Å²) in [7, 11) is 0. The third-order valence-corrected chi connectivity index (χ3v) is 4.12. The van der Waals surface area contributed by atoms with Gasteiger partial charge in [-0.1, -0.05) is 66.7 Å². The SMILES string of the molecule is O=C(Nc1cccc(NC(=O)[C@@H](O)c2ccccc2)c1)[C@@H](O)c1ccccc1. The number of carbonyl (C=O) groups excluding carboxylic acids is 2. The summed E-state index contributed by atoms with van der Waals surface area (Å²) < 4.78 is 0. The molecule has 28 heavy (non-hydrogen) atoms. The van der Waals surface area contributed by atoms with E-state index in [2.05, 4.69) is 10.6 Å². The molecule has 142 valence electrons. The summed E-state index contributed by atoms with van der Waals surface area (Å²) in [5, 5.41) is 25.5. The van der Waals surface area contributed by atoms with E-state index in [0.29, 0.717) is 22.5 Å². The lowest BCUT2D eigenvalue weighted by Crippen LogP contribution is -2.22. The molecule has 0 saturated heterocycles. The van der Waals surface area contributed by atoms with E-state index in [0.717, 1.165) is 0 Å². The molecule has 3 rings (SSSR count). The third-order valence-electron chi connectivity index (χ3n) is 4.12. The van der Waals surface area contributed by atoms with E-state index in [9.17, 15) is 19.8 Å². The Morgan fingerprint density at radius 2 is 1.00 bits per heavy atom. The number of carbonyl (C=O) groups is 2. The van der Waals surface area contributed by atoms with Gasteiger partial charge < -0.3 is 20.8 Å². The Bertz CT molecular complexity index is 870. The number of benzene rings is 3. The number of anilines is 2. The molecule has 2 atom stereocenters. The first-order valence-electron chi connectivity index (χ1n) is 8.72. The summed E-state index contributed by atoms with van der Waals surface area (Å²) in [6.45, 7) is 0. The second-order valence-electron chi connectivity index (χ2n) is 6.19. The maximum atomic E-state index is 12.3. The summed E-state index contributed by atoms with van der Waals surface area (Å²) in [5.74, 6) is -1.17. The zero-order valence-corrected chi connectivity index (χ0v) is 14.9. The molecule has 0 fully saturated rings. The van der Waals surface area contributed by atoms with Crippen LogP contribution in [0.3, 0.4) is 0 Å². The Morgan fingerprint density at radius 1 is 0.607 bits per heavy atom. The lowest BCUT2D eigenvalue weighted by Gasteiger charge is -2.14. The van der Waals surface area contributed by atoms with Gasteiger partial charge in [0, 0.05) is 11.4 Å². The van der Waals surface area contributed by atoms with Crippen LogP contribution in [0.25, 0.3) is 0 Å². The molecule has 4 N–H and O–H groups in total. The van der Waals surface area contributed by atoms with Crippen LogP contribution in [0.5, 0.6) is 0 Å². The second-order valence-corrected chi connectivity index (χ2v) is 6.19. The molecule has 2 amide bonds. The van der Waals surface area contributed by atoms with Crippen molar-refractivity contribution in [1.82, 2.24) is 0 Å². The minimum atomic E-state index is -1.31. The van der Waals surface area contributed by atoms with Crippen molar-refractivity contribution in [2.75, 3.05) is 10.6 Å². The second kappa shape index (κ2) is 8.94. The topological polar surface area (TPSA) is 98.7 Å². The highest BCUT2D eigenvalue weighted by atomic mass is 16.3. The first kappa shape index (κ1) is 19.3. The van der Waals surface area contributed by atoms with Gasteiger partial charge in [-0.25, -0.2) is 0 Å². The maximum absolute atomic E-state index is 12.3. The number of nitrogens with one attached hydrogen (secondary N) is 2. The van der Waals surface area contributed by atoms with E-state index >= 15 is 0 Å². The van der Waals surface area contributed by atoms with E-state index in [-0.39, 0.29) is 0 Å². The lowest BCUT2D eigenvalue weighted by atomic mass is 10.1. The number of aliphatic hydroxyl groups is 2. The number of aliphatic hydroxyl groups excluding tert-OH is 2.